The van der Waals surface area contributed by atoms with E-state index in [4.69, 9.17) is 0 Å². The molecule has 0 radical (unpaired) electrons. The molecule has 142 valence electrons. The zero-order chi connectivity index (χ0) is 19.1. The summed E-state index contributed by atoms with van der Waals surface area (Å²) in [6, 6.07) is 2.82. The highest BCUT2D eigenvalue weighted by molar-refractivity contribution is 7.92. The molecule has 3 rings (SSSR count). The summed E-state index contributed by atoms with van der Waals surface area (Å²) < 4.78 is 57.0. The van der Waals surface area contributed by atoms with Gasteiger partial charge in [0.15, 0.2) is 0 Å². The van der Waals surface area contributed by atoms with Gasteiger partial charge in [-0.1, -0.05) is 33.6 Å². The molecule has 0 amide bonds. The summed E-state index contributed by atoms with van der Waals surface area (Å²) in [5.41, 5.74) is -0.527. The molecule has 0 unspecified atom stereocenters. The van der Waals surface area contributed by atoms with Crippen molar-refractivity contribution in [3.8, 4) is 0 Å². The fraction of sp³-hybridized carbons (Fsp3) is 0.500. The van der Waals surface area contributed by atoms with Gasteiger partial charge in [-0.15, -0.1) is 0 Å². The number of rotatable bonds is 4. The molecule has 1 aliphatic carbocycles. The van der Waals surface area contributed by atoms with Crippen molar-refractivity contribution in [3.63, 3.8) is 0 Å². The molecule has 2 aromatic rings. The molecule has 1 saturated carbocycles. The molecular weight excluding hydrogens is 360 g/mol. The smallest absolute Gasteiger partial charge is 0.265 e. The van der Waals surface area contributed by atoms with Gasteiger partial charge in [-0.3, -0.25) is 9.40 Å². The van der Waals surface area contributed by atoms with E-state index in [1.807, 2.05) is 20.8 Å². The summed E-state index contributed by atoms with van der Waals surface area (Å²) in [7, 11) is -4.12. The zero-order valence-electron chi connectivity index (χ0n) is 15.1. The van der Waals surface area contributed by atoms with Crippen molar-refractivity contribution in [2.24, 2.45) is 0 Å². The van der Waals surface area contributed by atoms with Crippen molar-refractivity contribution in [3.05, 3.63) is 41.7 Å². The van der Waals surface area contributed by atoms with Gasteiger partial charge >= 0.3 is 0 Å². The van der Waals surface area contributed by atoms with Crippen LogP contribution in [0.4, 0.5) is 14.5 Å². The van der Waals surface area contributed by atoms with Crippen LogP contribution in [0, 0.1) is 11.6 Å². The Labute approximate surface area is 152 Å². The lowest BCUT2D eigenvalue weighted by molar-refractivity contribution is 0.448. The molecule has 1 aromatic heterocycles. The van der Waals surface area contributed by atoms with E-state index >= 15 is 0 Å². The highest BCUT2D eigenvalue weighted by atomic mass is 32.2. The summed E-state index contributed by atoms with van der Waals surface area (Å²) >= 11 is 0. The average Bonchev–Trinajstić information content (AvgIpc) is 3.18. The van der Waals surface area contributed by atoms with Crippen molar-refractivity contribution < 1.29 is 17.2 Å². The second-order valence-electron chi connectivity index (χ2n) is 7.74. The predicted molar refractivity (Wildman–Crippen MR) is 95.6 cm³/mol. The van der Waals surface area contributed by atoms with Crippen LogP contribution in [0.15, 0.2) is 29.3 Å². The number of hydrogen-bond acceptors (Lipinski definition) is 3. The van der Waals surface area contributed by atoms with E-state index in [9.17, 15) is 17.2 Å². The Bertz CT molecular complexity index is 911. The fourth-order valence-electron chi connectivity index (χ4n) is 3.22. The van der Waals surface area contributed by atoms with Gasteiger partial charge in [-0.2, -0.15) is 5.10 Å². The molecule has 0 saturated heterocycles. The molecule has 0 bridgehead atoms. The molecule has 0 aliphatic heterocycles. The minimum atomic E-state index is -4.12. The Morgan fingerprint density at radius 2 is 1.85 bits per heavy atom. The van der Waals surface area contributed by atoms with Crippen LogP contribution >= 0.6 is 0 Å². The van der Waals surface area contributed by atoms with E-state index in [2.05, 4.69) is 9.82 Å². The first-order valence-electron chi connectivity index (χ1n) is 8.65. The SMILES string of the molecule is CC(C)(C)c1nn(C2CCCC2)cc1S(=O)(=O)Nc1cc(F)ccc1F. The second kappa shape index (κ2) is 6.64. The fourth-order valence-corrected chi connectivity index (χ4v) is 4.63. The Morgan fingerprint density at radius 1 is 1.19 bits per heavy atom. The lowest BCUT2D eigenvalue weighted by Gasteiger charge is -2.18. The van der Waals surface area contributed by atoms with E-state index in [0.29, 0.717) is 5.69 Å². The minimum absolute atomic E-state index is 0.000520. The van der Waals surface area contributed by atoms with E-state index in [0.717, 1.165) is 43.9 Å². The number of halogens is 2. The molecule has 1 aromatic carbocycles. The molecular formula is C18H23F2N3O2S. The van der Waals surface area contributed by atoms with Gasteiger partial charge in [-0.05, 0) is 25.0 Å². The average molecular weight is 383 g/mol. The van der Waals surface area contributed by atoms with Crippen LogP contribution in [-0.4, -0.2) is 18.2 Å². The van der Waals surface area contributed by atoms with Crippen LogP contribution in [0.25, 0.3) is 0 Å². The Hall–Kier alpha value is -1.96. The molecule has 1 aliphatic rings. The zero-order valence-corrected chi connectivity index (χ0v) is 15.9. The van der Waals surface area contributed by atoms with E-state index < -0.39 is 32.8 Å². The maximum Gasteiger partial charge on any atom is 0.265 e. The Kier molecular flexibility index (Phi) is 4.81. The minimum Gasteiger partial charge on any atom is -0.276 e. The van der Waals surface area contributed by atoms with Crippen molar-refractivity contribution in [2.45, 2.75) is 62.8 Å². The third kappa shape index (κ3) is 3.75. The van der Waals surface area contributed by atoms with Crippen LogP contribution in [0.3, 0.4) is 0 Å². The number of aromatic nitrogens is 2. The van der Waals surface area contributed by atoms with Crippen molar-refractivity contribution >= 4 is 15.7 Å². The molecule has 26 heavy (non-hydrogen) atoms. The van der Waals surface area contributed by atoms with Crippen LogP contribution < -0.4 is 4.72 Å². The Morgan fingerprint density at radius 3 is 2.46 bits per heavy atom. The van der Waals surface area contributed by atoms with Gasteiger partial charge in [0.05, 0.1) is 17.4 Å². The number of anilines is 1. The topological polar surface area (TPSA) is 64.0 Å². The number of hydrogen-bond donors (Lipinski definition) is 1. The molecule has 8 heteroatoms. The number of benzene rings is 1. The highest BCUT2D eigenvalue weighted by Gasteiger charge is 2.32. The normalized spacial score (nSPS) is 16.2. The van der Waals surface area contributed by atoms with Gasteiger partial charge in [0.1, 0.15) is 16.5 Å². The van der Waals surface area contributed by atoms with Crippen molar-refractivity contribution in [1.29, 1.82) is 0 Å². The monoisotopic (exact) mass is 383 g/mol. The van der Waals surface area contributed by atoms with E-state index in [1.165, 1.54) is 6.20 Å². The third-order valence-electron chi connectivity index (χ3n) is 4.57. The first-order valence-corrected chi connectivity index (χ1v) is 10.1. The predicted octanol–water partition coefficient (Wildman–Crippen LogP) is 4.37. The van der Waals surface area contributed by atoms with Gasteiger partial charge in [0.25, 0.3) is 10.0 Å². The molecule has 0 spiro atoms. The summed E-state index contributed by atoms with van der Waals surface area (Å²) in [5, 5.41) is 4.54. The largest absolute Gasteiger partial charge is 0.276 e. The Balaban J connectivity index is 2.04. The van der Waals surface area contributed by atoms with E-state index in [1.54, 1.807) is 4.68 Å². The number of nitrogens with zero attached hydrogens (tertiary/aromatic N) is 2. The van der Waals surface area contributed by atoms with Gasteiger partial charge < -0.3 is 0 Å². The van der Waals surface area contributed by atoms with Crippen LogP contribution in [0.5, 0.6) is 0 Å². The molecule has 1 N–H and O–H groups in total. The van der Waals surface area contributed by atoms with Crippen molar-refractivity contribution in [1.82, 2.24) is 9.78 Å². The molecule has 5 nitrogen and oxygen atoms in total. The maximum absolute atomic E-state index is 13.9. The summed E-state index contributed by atoms with van der Waals surface area (Å²) in [6.07, 6.45) is 5.60. The number of sulfonamides is 1. The second-order valence-corrected chi connectivity index (χ2v) is 9.39. The lowest BCUT2D eigenvalue weighted by Crippen LogP contribution is -2.21. The molecule has 1 heterocycles. The summed E-state index contributed by atoms with van der Waals surface area (Å²) in [5.74, 6) is -1.56. The lowest BCUT2D eigenvalue weighted by atomic mass is 9.92. The summed E-state index contributed by atoms with van der Waals surface area (Å²) in [4.78, 5) is 0.000520. The van der Waals surface area contributed by atoms with E-state index in [-0.39, 0.29) is 10.9 Å². The highest BCUT2D eigenvalue weighted by Crippen LogP contribution is 2.34. The third-order valence-corrected chi connectivity index (χ3v) is 5.94. The summed E-state index contributed by atoms with van der Waals surface area (Å²) in [6.45, 7) is 5.61. The van der Waals surface area contributed by atoms with Crippen LogP contribution in [-0.2, 0) is 15.4 Å². The molecule has 0 atom stereocenters. The first kappa shape index (κ1) is 18.8. The van der Waals surface area contributed by atoms with Crippen LogP contribution in [0.2, 0.25) is 0 Å². The maximum atomic E-state index is 13.9. The standard InChI is InChI=1S/C18H23F2N3O2S/c1-18(2,3)17-16(11-23(21-17)13-6-4-5-7-13)26(24,25)22-15-10-12(19)8-9-14(15)20/h8-11,13,22H,4-7H2,1-3H3. The first-order chi connectivity index (χ1) is 12.1. The van der Waals surface area contributed by atoms with Crippen molar-refractivity contribution in [2.75, 3.05) is 4.72 Å². The number of nitrogens with one attached hydrogen (secondary N) is 1. The van der Waals surface area contributed by atoms with Gasteiger partial charge in [0, 0.05) is 17.7 Å². The quantitative estimate of drug-likeness (QED) is 0.852. The molecule has 1 fully saturated rings. The van der Waals surface area contributed by atoms with Crippen LogP contribution in [0.1, 0.15) is 58.2 Å². The van der Waals surface area contributed by atoms with Gasteiger partial charge in [0.2, 0.25) is 0 Å². The van der Waals surface area contributed by atoms with Gasteiger partial charge in [-0.25, -0.2) is 17.2 Å².